The van der Waals surface area contributed by atoms with Gasteiger partial charge in [0.2, 0.25) is 5.91 Å². The maximum Gasteiger partial charge on any atom is 0.270 e. The number of amides is 2. The van der Waals surface area contributed by atoms with E-state index in [0.717, 1.165) is 23.9 Å². The minimum absolute atomic E-state index is 0.00766. The highest BCUT2D eigenvalue weighted by Gasteiger charge is 2.13. The van der Waals surface area contributed by atoms with Crippen LogP contribution >= 0.6 is 11.8 Å². The van der Waals surface area contributed by atoms with E-state index in [1.807, 2.05) is 0 Å². The molecule has 0 aliphatic rings. The number of carbonyl (C=O) groups is 2. The van der Waals surface area contributed by atoms with Crippen molar-refractivity contribution in [3.05, 3.63) is 69.8 Å². The van der Waals surface area contributed by atoms with Crippen LogP contribution in [0.25, 0.3) is 0 Å². The summed E-state index contributed by atoms with van der Waals surface area (Å²) in [5, 5.41) is 10.7. The molecule has 2 N–H and O–H groups in total. The molecule has 25 heavy (non-hydrogen) atoms. The lowest BCUT2D eigenvalue weighted by Gasteiger charge is -2.07. The molecule has 10 heteroatoms. The number of nitro benzene ring substituents is 1. The van der Waals surface area contributed by atoms with Gasteiger partial charge in [-0.05, 0) is 18.2 Å². The highest BCUT2D eigenvalue weighted by molar-refractivity contribution is 8.00. The van der Waals surface area contributed by atoms with Crippen molar-refractivity contribution in [2.45, 2.75) is 4.90 Å². The maximum atomic E-state index is 13.4. The van der Waals surface area contributed by atoms with Gasteiger partial charge in [-0.3, -0.25) is 30.6 Å². The van der Waals surface area contributed by atoms with Crippen molar-refractivity contribution in [3.8, 4) is 0 Å². The summed E-state index contributed by atoms with van der Waals surface area (Å²) in [7, 11) is 0. The Labute approximate surface area is 144 Å². The summed E-state index contributed by atoms with van der Waals surface area (Å²) in [5.74, 6) is -3.12. The van der Waals surface area contributed by atoms with Crippen LogP contribution in [0.5, 0.6) is 0 Å². The molecule has 0 heterocycles. The summed E-state index contributed by atoms with van der Waals surface area (Å²) in [6.07, 6.45) is 0. The first kappa shape index (κ1) is 18.3. The highest BCUT2D eigenvalue weighted by Crippen LogP contribution is 2.21. The van der Waals surface area contributed by atoms with Gasteiger partial charge in [-0.2, -0.15) is 0 Å². The van der Waals surface area contributed by atoms with Crippen LogP contribution in [0.2, 0.25) is 0 Å². The lowest BCUT2D eigenvalue weighted by molar-refractivity contribution is -0.384. The van der Waals surface area contributed by atoms with E-state index in [9.17, 15) is 28.5 Å². The van der Waals surface area contributed by atoms with E-state index in [-0.39, 0.29) is 21.9 Å². The first-order valence-corrected chi connectivity index (χ1v) is 7.77. The molecule has 0 aliphatic carbocycles. The second-order valence-corrected chi connectivity index (χ2v) is 5.69. The first-order valence-electron chi connectivity index (χ1n) is 6.78. The quantitative estimate of drug-likeness (QED) is 0.480. The molecule has 0 saturated heterocycles. The molecule has 0 aromatic heterocycles. The molecule has 0 aliphatic heterocycles. The fraction of sp³-hybridized carbons (Fsp3) is 0.0667. The van der Waals surface area contributed by atoms with Gasteiger partial charge in [-0.15, -0.1) is 11.8 Å². The summed E-state index contributed by atoms with van der Waals surface area (Å²) >= 11 is 0.823. The molecule has 0 fully saturated rings. The van der Waals surface area contributed by atoms with Crippen LogP contribution in [0, 0.1) is 21.7 Å². The number of non-ortho nitro benzene ring substituents is 1. The third kappa shape index (κ3) is 5.24. The van der Waals surface area contributed by atoms with Crippen LogP contribution in [0.4, 0.5) is 14.5 Å². The zero-order valence-electron chi connectivity index (χ0n) is 12.5. The van der Waals surface area contributed by atoms with Gasteiger partial charge in [0, 0.05) is 28.7 Å². The second kappa shape index (κ2) is 8.20. The Hall–Kier alpha value is -3.01. The van der Waals surface area contributed by atoms with E-state index in [1.165, 1.54) is 24.3 Å². The zero-order valence-corrected chi connectivity index (χ0v) is 13.3. The fourth-order valence-electron chi connectivity index (χ4n) is 1.73. The van der Waals surface area contributed by atoms with Crippen LogP contribution in [-0.4, -0.2) is 22.5 Å². The lowest BCUT2D eigenvalue weighted by Crippen LogP contribution is -2.42. The summed E-state index contributed by atoms with van der Waals surface area (Å²) in [4.78, 5) is 33.6. The van der Waals surface area contributed by atoms with Crippen molar-refractivity contribution in [1.29, 1.82) is 0 Å². The molecular formula is C15H11F2N3O4S. The average Bonchev–Trinajstić information content (AvgIpc) is 2.59. The van der Waals surface area contributed by atoms with Crippen molar-refractivity contribution in [2.24, 2.45) is 0 Å². The third-order valence-corrected chi connectivity index (χ3v) is 3.94. The fourth-order valence-corrected chi connectivity index (χ4v) is 2.45. The van der Waals surface area contributed by atoms with E-state index in [2.05, 4.69) is 10.9 Å². The van der Waals surface area contributed by atoms with Crippen molar-refractivity contribution in [2.75, 3.05) is 5.75 Å². The van der Waals surface area contributed by atoms with Gasteiger partial charge in [0.25, 0.3) is 11.6 Å². The largest absolute Gasteiger partial charge is 0.272 e. The molecular weight excluding hydrogens is 356 g/mol. The Morgan fingerprint density at radius 2 is 1.88 bits per heavy atom. The smallest absolute Gasteiger partial charge is 0.270 e. The molecule has 0 unspecified atom stereocenters. The van der Waals surface area contributed by atoms with Crippen LogP contribution in [0.3, 0.4) is 0 Å². The monoisotopic (exact) mass is 367 g/mol. The minimum atomic E-state index is -0.793. The first-order chi connectivity index (χ1) is 11.9. The molecule has 0 bridgehead atoms. The summed E-state index contributed by atoms with van der Waals surface area (Å²) in [5.41, 5.74) is 3.93. The molecule has 0 radical (unpaired) electrons. The van der Waals surface area contributed by atoms with Gasteiger partial charge < -0.3 is 0 Å². The SMILES string of the molecule is O=C(CSc1ccc(F)cc1F)NNC(=O)c1cccc([N+](=O)[O-])c1. The topological polar surface area (TPSA) is 101 Å². The number of nitro groups is 1. The maximum absolute atomic E-state index is 13.4. The number of carbonyl (C=O) groups excluding carboxylic acids is 2. The molecule has 0 spiro atoms. The number of rotatable bonds is 5. The standard InChI is InChI=1S/C15H11F2N3O4S/c16-10-4-5-13(12(17)7-10)25-8-14(21)18-19-15(22)9-2-1-3-11(6-9)20(23)24/h1-7H,8H2,(H,18,21)(H,19,22). The van der Waals surface area contributed by atoms with Crippen molar-refractivity contribution < 1.29 is 23.3 Å². The Balaban J connectivity index is 1.86. The number of halogens is 2. The van der Waals surface area contributed by atoms with Gasteiger partial charge in [-0.1, -0.05) is 6.07 Å². The molecule has 2 amide bonds. The van der Waals surface area contributed by atoms with Crippen LogP contribution < -0.4 is 10.9 Å². The number of nitrogens with one attached hydrogen (secondary N) is 2. The minimum Gasteiger partial charge on any atom is -0.272 e. The lowest BCUT2D eigenvalue weighted by atomic mass is 10.2. The molecule has 2 rings (SSSR count). The number of thioether (sulfide) groups is 1. The van der Waals surface area contributed by atoms with Gasteiger partial charge in [-0.25, -0.2) is 8.78 Å². The van der Waals surface area contributed by atoms with Crippen molar-refractivity contribution in [3.63, 3.8) is 0 Å². The second-order valence-electron chi connectivity index (χ2n) is 4.67. The van der Waals surface area contributed by atoms with Crippen LogP contribution in [0.15, 0.2) is 47.4 Å². The number of hydrogen-bond acceptors (Lipinski definition) is 5. The van der Waals surface area contributed by atoms with Crippen LogP contribution in [0.1, 0.15) is 10.4 Å². The number of hydrogen-bond donors (Lipinski definition) is 2. The number of benzene rings is 2. The molecule has 0 atom stereocenters. The number of nitrogens with zero attached hydrogens (tertiary/aromatic N) is 1. The third-order valence-electron chi connectivity index (χ3n) is 2.89. The van der Waals surface area contributed by atoms with Gasteiger partial charge in [0.05, 0.1) is 10.7 Å². The van der Waals surface area contributed by atoms with E-state index in [0.29, 0.717) is 6.07 Å². The molecule has 2 aromatic rings. The van der Waals surface area contributed by atoms with Gasteiger partial charge >= 0.3 is 0 Å². The normalized spacial score (nSPS) is 10.2. The Morgan fingerprint density at radius 3 is 2.56 bits per heavy atom. The summed E-state index contributed by atoms with van der Waals surface area (Å²) in [6.45, 7) is 0. The zero-order chi connectivity index (χ0) is 18.4. The van der Waals surface area contributed by atoms with Crippen molar-refractivity contribution >= 4 is 29.3 Å². The highest BCUT2D eigenvalue weighted by atomic mass is 32.2. The average molecular weight is 367 g/mol. The molecule has 2 aromatic carbocycles. The molecule has 0 saturated carbocycles. The Kier molecular flexibility index (Phi) is 6.01. The Morgan fingerprint density at radius 1 is 1.12 bits per heavy atom. The van der Waals surface area contributed by atoms with E-state index >= 15 is 0 Å². The van der Waals surface area contributed by atoms with E-state index in [1.54, 1.807) is 0 Å². The van der Waals surface area contributed by atoms with Gasteiger partial charge in [0.1, 0.15) is 11.6 Å². The van der Waals surface area contributed by atoms with Crippen molar-refractivity contribution in [1.82, 2.24) is 10.9 Å². The predicted octanol–water partition coefficient (Wildman–Crippen LogP) is 2.43. The molecule has 7 nitrogen and oxygen atoms in total. The predicted molar refractivity (Wildman–Crippen MR) is 85.8 cm³/mol. The Bertz CT molecular complexity index is 832. The van der Waals surface area contributed by atoms with Crippen LogP contribution in [-0.2, 0) is 4.79 Å². The number of hydrazine groups is 1. The summed E-state index contributed by atoms with van der Waals surface area (Å²) < 4.78 is 26.2. The van der Waals surface area contributed by atoms with E-state index < -0.39 is 28.4 Å². The van der Waals surface area contributed by atoms with E-state index in [4.69, 9.17) is 0 Å². The van der Waals surface area contributed by atoms with Gasteiger partial charge in [0.15, 0.2) is 0 Å². The molecule has 130 valence electrons. The summed E-state index contributed by atoms with van der Waals surface area (Å²) in [6, 6.07) is 7.93.